The fourth-order valence-corrected chi connectivity index (χ4v) is 5.26. The molecule has 3 atom stereocenters. The van der Waals surface area contributed by atoms with E-state index in [2.05, 4.69) is 4.72 Å². The minimum atomic E-state index is -3.52. The van der Waals surface area contributed by atoms with E-state index in [9.17, 15) is 23.1 Å². The fraction of sp³-hybridized carbons (Fsp3) is 0.556. The number of fused-ring (bicyclic) bond motifs is 1. The van der Waals surface area contributed by atoms with E-state index in [1.54, 1.807) is 19.1 Å². The van der Waals surface area contributed by atoms with E-state index in [1.807, 2.05) is 0 Å². The van der Waals surface area contributed by atoms with Crippen LogP contribution in [0.3, 0.4) is 0 Å². The quantitative estimate of drug-likeness (QED) is 0.773. The topological polar surface area (TPSA) is 104 Å². The SMILES string of the molecule is CCNS(=O)(=O)c1ccc(CC(=O)N2CC3CCCC3C2C(=O)O)cc1. The number of nitrogens with one attached hydrogen (secondary N) is 1. The molecule has 142 valence electrons. The van der Waals surface area contributed by atoms with Crippen molar-refractivity contribution in [2.45, 2.75) is 43.5 Å². The highest BCUT2D eigenvalue weighted by molar-refractivity contribution is 7.89. The summed E-state index contributed by atoms with van der Waals surface area (Å²) in [6.45, 7) is 2.51. The van der Waals surface area contributed by atoms with Gasteiger partial charge in [0, 0.05) is 13.1 Å². The van der Waals surface area contributed by atoms with Gasteiger partial charge in [-0.1, -0.05) is 25.5 Å². The maximum absolute atomic E-state index is 12.7. The van der Waals surface area contributed by atoms with Gasteiger partial charge in [0.05, 0.1) is 11.3 Å². The number of hydrogen-bond acceptors (Lipinski definition) is 4. The van der Waals surface area contributed by atoms with Crippen LogP contribution in [-0.4, -0.2) is 49.4 Å². The molecule has 26 heavy (non-hydrogen) atoms. The number of carboxylic acids is 1. The third-order valence-electron chi connectivity index (χ3n) is 5.39. The van der Waals surface area contributed by atoms with Crippen LogP contribution in [0.25, 0.3) is 0 Å². The van der Waals surface area contributed by atoms with Crippen LogP contribution in [0, 0.1) is 11.8 Å². The smallest absolute Gasteiger partial charge is 0.326 e. The number of carboxylic acid groups (broad SMARTS) is 1. The zero-order valence-electron chi connectivity index (χ0n) is 14.7. The van der Waals surface area contributed by atoms with Crippen molar-refractivity contribution in [3.05, 3.63) is 29.8 Å². The number of nitrogens with zero attached hydrogens (tertiary/aromatic N) is 1. The summed E-state index contributed by atoms with van der Waals surface area (Å²) in [5.41, 5.74) is 0.673. The molecule has 2 fully saturated rings. The third kappa shape index (κ3) is 3.61. The number of hydrogen-bond donors (Lipinski definition) is 2. The predicted octanol–water partition coefficient (Wildman–Crippen LogP) is 1.24. The lowest BCUT2D eigenvalue weighted by molar-refractivity contribution is -0.149. The van der Waals surface area contributed by atoms with Gasteiger partial charge in [-0.05, 0) is 42.4 Å². The van der Waals surface area contributed by atoms with Crippen molar-refractivity contribution in [1.29, 1.82) is 0 Å². The van der Waals surface area contributed by atoms with Crippen molar-refractivity contribution < 1.29 is 23.1 Å². The summed E-state index contributed by atoms with van der Waals surface area (Å²) in [6.07, 6.45) is 2.95. The number of likely N-dealkylation sites (tertiary alicyclic amines) is 1. The lowest BCUT2D eigenvalue weighted by atomic mass is 9.94. The first-order chi connectivity index (χ1) is 12.3. The number of aliphatic carboxylic acids is 1. The summed E-state index contributed by atoms with van der Waals surface area (Å²) >= 11 is 0. The predicted molar refractivity (Wildman–Crippen MR) is 95.0 cm³/mol. The maximum Gasteiger partial charge on any atom is 0.326 e. The summed E-state index contributed by atoms with van der Waals surface area (Å²) < 4.78 is 26.3. The minimum Gasteiger partial charge on any atom is -0.480 e. The second kappa shape index (κ2) is 7.36. The molecule has 1 heterocycles. The molecule has 2 aliphatic rings. The minimum absolute atomic E-state index is 0.0593. The molecule has 0 bridgehead atoms. The van der Waals surface area contributed by atoms with Gasteiger partial charge in [0.2, 0.25) is 15.9 Å². The van der Waals surface area contributed by atoms with Crippen LogP contribution in [0.5, 0.6) is 0 Å². The molecule has 0 spiro atoms. The van der Waals surface area contributed by atoms with Gasteiger partial charge in [0.25, 0.3) is 0 Å². The molecular weight excluding hydrogens is 356 g/mol. The first-order valence-corrected chi connectivity index (χ1v) is 10.4. The molecule has 3 unspecified atom stereocenters. The molecule has 1 aromatic rings. The van der Waals surface area contributed by atoms with Gasteiger partial charge in [0.15, 0.2) is 0 Å². The molecular formula is C18H24N2O5S. The maximum atomic E-state index is 12.7. The molecule has 3 rings (SSSR count). The lowest BCUT2D eigenvalue weighted by Gasteiger charge is -2.24. The van der Waals surface area contributed by atoms with Crippen molar-refractivity contribution in [2.24, 2.45) is 11.8 Å². The van der Waals surface area contributed by atoms with Gasteiger partial charge in [0.1, 0.15) is 6.04 Å². The monoisotopic (exact) mass is 380 g/mol. The first kappa shape index (κ1) is 18.8. The molecule has 1 aliphatic heterocycles. The Morgan fingerprint density at radius 2 is 1.92 bits per heavy atom. The zero-order chi connectivity index (χ0) is 18.9. The molecule has 0 radical (unpaired) electrons. The summed E-state index contributed by atoms with van der Waals surface area (Å²) in [6, 6.07) is 5.41. The van der Waals surface area contributed by atoms with Gasteiger partial charge >= 0.3 is 5.97 Å². The fourth-order valence-electron chi connectivity index (χ4n) is 4.21. The van der Waals surface area contributed by atoms with Crippen LogP contribution in [0.4, 0.5) is 0 Å². The van der Waals surface area contributed by atoms with Crippen molar-refractivity contribution in [3.8, 4) is 0 Å². The second-order valence-corrected chi connectivity index (χ2v) is 8.77. The zero-order valence-corrected chi connectivity index (χ0v) is 15.5. The Morgan fingerprint density at radius 3 is 2.54 bits per heavy atom. The lowest BCUT2D eigenvalue weighted by Crippen LogP contribution is -2.43. The van der Waals surface area contributed by atoms with E-state index >= 15 is 0 Å². The van der Waals surface area contributed by atoms with E-state index in [4.69, 9.17) is 0 Å². The van der Waals surface area contributed by atoms with Crippen LogP contribution in [0.15, 0.2) is 29.2 Å². The van der Waals surface area contributed by atoms with Gasteiger partial charge in [-0.2, -0.15) is 0 Å². The molecule has 8 heteroatoms. The number of sulfonamides is 1. The van der Waals surface area contributed by atoms with Gasteiger partial charge < -0.3 is 10.0 Å². The molecule has 1 aliphatic carbocycles. The van der Waals surface area contributed by atoms with Crippen LogP contribution in [-0.2, 0) is 26.0 Å². The van der Waals surface area contributed by atoms with Crippen LogP contribution >= 0.6 is 0 Å². The largest absolute Gasteiger partial charge is 0.480 e. The molecule has 7 nitrogen and oxygen atoms in total. The average Bonchev–Trinajstić information content (AvgIpc) is 3.15. The Kier molecular flexibility index (Phi) is 5.34. The number of amides is 1. The van der Waals surface area contributed by atoms with Gasteiger partial charge in [-0.25, -0.2) is 17.9 Å². The van der Waals surface area contributed by atoms with Crippen molar-refractivity contribution >= 4 is 21.9 Å². The third-order valence-corrected chi connectivity index (χ3v) is 6.95. The molecule has 1 amide bonds. The van der Waals surface area contributed by atoms with Gasteiger partial charge in [-0.3, -0.25) is 4.79 Å². The normalized spacial score (nSPS) is 25.3. The van der Waals surface area contributed by atoms with E-state index in [1.165, 1.54) is 17.0 Å². The number of rotatable bonds is 6. The molecule has 1 saturated heterocycles. The summed E-state index contributed by atoms with van der Waals surface area (Å²) in [7, 11) is -3.52. The van der Waals surface area contributed by atoms with Crippen molar-refractivity contribution in [1.82, 2.24) is 9.62 Å². The summed E-state index contributed by atoms with van der Waals surface area (Å²) in [4.78, 5) is 26.0. The molecule has 1 saturated carbocycles. The Balaban J connectivity index is 1.71. The second-order valence-electron chi connectivity index (χ2n) is 7.01. The number of carbonyl (C=O) groups excluding carboxylic acids is 1. The Bertz CT molecular complexity index is 790. The van der Waals surface area contributed by atoms with E-state index in [-0.39, 0.29) is 29.1 Å². The van der Waals surface area contributed by atoms with Crippen LogP contribution < -0.4 is 4.72 Å². The number of benzene rings is 1. The molecule has 2 N–H and O–H groups in total. The van der Waals surface area contributed by atoms with E-state index < -0.39 is 22.0 Å². The number of carbonyl (C=O) groups is 2. The summed E-state index contributed by atoms with van der Waals surface area (Å²) in [5, 5.41) is 9.55. The summed E-state index contributed by atoms with van der Waals surface area (Å²) in [5.74, 6) is -0.800. The van der Waals surface area contributed by atoms with Crippen molar-refractivity contribution in [2.75, 3.05) is 13.1 Å². The molecule has 0 aromatic heterocycles. The Hall–Kier alpha value is -1.93. The Labute approximate surface area is 153 Å². The average molecular weight is 380 g/mol. The highest BCUT2D eigenvalue weighted by Gasteiger charge is 2.49. The van der Waals surface area contributed by atoms with E-state index in [0.717, 1.165) is 19.3 Å². The molecule has 1 aromatic carbocycles. The highest BCUT2D eigenvalue weighted by Crippen LogP contribution is 2.42. The first-order valence-electron chi connectivity index (χ1n) is 8.94. The Morgan fingerprint density at radius 1 is 1.23 bits per heavy atom. The van der Waals surface area contributed by atoms with Crippen molar-refractivity contribution in [3.63, 3.8) is 0 Å². The van der Waals surface area contributed by atoms with E-state index in [0.29, 0.717) is 18.7 Å². The standard InChI is InChI=1S/C18H24N2O5S/c1-2-19-26(24,25)14-8-6-12(7-9-14)10-16(21)20-11-13-4-3-5-15(13)17(20)18(22)23/h6-9,13,15,17,19H,2-5,10-11H2,1H3,(H,22,23). The van der Waals surface area contributed by atoms with Gasteiger partial charge in [-0.15, -0.1) is 0 Å². The van der Waals surface area contributed by atoms with Crippen LogP contribution in [0.2, 0.25) is 0 Å². The van der Waals surface area contributed by atoms with Crippen LogP contribution in [0.1, 0.15) is 31.7 Å². The highest BCUT2D eigenvalue weighted by atomic mass is 32.2.